The van der Waals surface area contributed by atoms with Crippen LogP contribution in [0.15, 0.2) is 35.9 Å². The first-order valence-electron chi connectivity index (χ1n) is 8.74. The van der Waals surface area contributed by atoms with E-state index in [4.69, 9.17) is 13.1 Å². The molecular weight excluding hydrogens is 292 g/mol. The molecule has 24 heavy (non-hydrogen) atoms. The van der Waals surface area contributed by atoms with Crippen LogP contribution in [0, 0.1) is 39.8 Å². The van der Waals surface area contributed by atoms with E-state index in [2.05, 4.69) is 60.8 Å². The largest absolute Gasteiger partial charge is 0.509 e. The molecule has 1 aromatic rings. The Hall–Kier alpha value is -2.32. The first kappa shape index (κ1) is 16.5. The Morgan fingerprint density at radius 1 is 1.08 bits per heavy atom. The molecule has 0 amide bonds. The number of aryl methyl sites for hydroxylation is 3. The van der Waals surface area contributed by atoms with Gasteiger partial charge in [0.15, 0.2) is 0 Å². The van der Waals surface area contributed by atoms with Crippen molar-refractivity contribution in [3.63, 3.8) is 0 Å². The van der Waals surface area contributed by atoms with E-state index in [0.29, 0.717) is 6.42 Å². The van der Waals surface area contributed by atoms with Crippen molar-refractivity contribution >= 4 is 0 Å². The van der Waals surface area contributed by atoms with Crippen LogP contribution in [0.25, 0.3) is 9.69 Å². The average Bonchev–Trinajstić information content (AvgIpc) is 2.72. The second-order valence-electron chi connectivity index (χ2n) is 7.21. The van der Waals surface area contributed by atoms with Crippen LogP contribution in [0.1, 0.15) is 53.9 Å². The number of hydrogen-bond donors (Lipinski definition) is 0. The van der Waals surface area contributed by atoms with Crippen LogP contribution < -0.4 is 0 Å². The summed E-state index contributed by atoms with van der Waals surface area (Å²) in [4.78, 5) is 7.61. The van der Waals surface area contributed by atoms with E-state index in [1.807, 2.05) is 0 Å². The lowest BCUT2D eigenvalue weighted by atomic mass is 9.71. The van der Waals surface area contributed by atoms with Crippen molar-refractivity contribution in [2.24, 2.45) is 5.92 Å². The second-order valence-corrected chi connectivity index (χ2v) is 7.21. The predicted molar refractivity (Wildman–Crippen MR) is 98.5 cm³/mol. The zero-order valence-corrected chi connectivity index (χ0v) is 14.8. The SMILES string of the molecule is [C-]#[N+]C1([N+]#[C-])CC=C[C@@H](c2c(C)cc(C)cc2C)[C@@H]2CCCC=C21. The molecule has 3 rings (SSSR count). The van der Waals surface area contributed by atoms with E-state index in [0.717, 1.165) is 24.8 Å². The number of nitrogens with zero attached hydrogens (tertiary/aromatic N) is 2. The van der Waals surface area contributed by atoms with Gasteiger partial charge >= 0.3 is 5.66 Å². The molecule has 2 heteroatoms. The van der Waals surface area contributed by atoms with Crippen molar-refractivity contribution in [2.75, 3.05) is 0 Å². The van der Waals surface area contributed by atoms with Gasteiger partial charge in [-0.1, -0.05) is 35.9 Å². The smallest absolute Gasteiger partial charge is 0.226 e. The minimum absolute atomic E-state index is 0.279. The van der Waals surface area contributed by atoms with E-state index in [-0.39, 0.29) is 11.8 Å². The van der Waals surface area contributed by atoms with Crippen LogP contribution in [0.4, 0.5) is 0 Å². The number of hydrogen-bond acceptors (Lipinski definition) is 0. The molecule has 0 heterocycles. The lowest BCUT2D eigenvalue weighted by molar-refractivity contribution is 0.436. The summed E-state index contributed by atoms with van der Waals surface area (Å²) in [6.45, 7) is 21.9. The highest BCUT2D eigenvalue weighted by Crippen LogP contribution is 2.49. The lowest BCUT2D eigenvalue weighted by Crippen LogP contribution is -2.30. The lowest BCUT2D eigenvalue weighted by Gasteiger charge is -2.31. The van der Waals surface area contributed by atoms with E-state index < -0.39 is 5.66 Å². The minimum Gasteiger partial charge on any atom is -0.226 e. The highest BCUT2D eigenvalue weighted by atomic mass is 15.0. The fourth-order valence-electron chi connectivity index (χ4n) is 4.63. The predicted octanol–water partition coefficient (Wildman–Crippen LogP) is 5.92. The average molecular weight is 316 g/mol. The Bertz CT molecular complexity index is 761. The molecule has 0 radical (unpaired) electrons. The summed E-state index contributed by atoms with van der Waals surface area (Å²) in [5, 5.41) is 0. The Morgan fingerprint density at radius 2 is 1.75 bits per heavy atom. The molecule has 2 atom stereocenters. The third kappa shape index (κ3) is 2.57. The van der Waals surface area contributed by atoms with E-state index >= 15 is 0 Å². The Morgan fingerprint density at radius 3 is 2.38 bits per heavy atom. The molecule has 0 aliphatic heterocycles. The molecule has 0 spiro atoms. The summed E-state index contributed by atoms with van der Waals surface area (Å²) in [5.74, 6) is 0.559. The first-order valence-corrected chi connectivity index (χ1v) is 8.74. The van der Waals surface area contributed by atoms with Gasteiger partial charge in [0, 0.05) is 11.8 Å². The fourth-order valence-corrected chi connectivity index (χ4v) is 4.63. The highest BCUT2D eigenvalue weighted by molar-refractivity contribution is 5.47. The molecule has 0 saturated carbocycles. The highest BCUT2D eigenvalue weighted by Gasteiger charge is 2.53. The van der Waals surface area contributed by atoms with Gasteiger partial charge in [-0.05, 0) is 56.7 Å². The Balaban J connectivity index is 2.16. The summed E-state index contributed by atoms with van der Waals surface area (Å²) in [6, 6.07) is 4.51. The maximum absolute atomic E-state index is 7.68. The summed E-state index contributed by atoms with van der Waals surface area (Å²) in [5.41, 5.74) is 5.40. The van der Waals surface area contributed by atoms with Crippen molar-refractivity contribution in [1.82, 2.24) is 0 Å². The van der Waals surface area contributed by atoms with Crippen molar-refractivity contribution in [1.29, 1.82) is 0 Å². The summed E-state index contributed by atoms with van der Waals surface area (Å²) >= 11 is 0. The van der Waals surface area contributed by atoms with Gasteiger partial charge in [0.2, 0.25) is 0 Å². The second kappa shape index (κ2) is 6.29. The molecule has 0 saturated heterocycles. The monoisotopic (exact) mass is 316 g/mol. The van der Waals surface area contributed by atoms with Crippen LogP contribution in [0.5, 0.6) is 0 Å². The molecule has 122 valence electrons. The molecule has 2 aliphatic carbocycles. The normalized spacial score (nSPS) is 25.0. The zero-order valence-electron chi connectivity index (χ0n) is 14.8. The van der Waals surface area contributed by atoms with E-state index in [1.54, 1.807) is 0 Å². The van der Waals surface area contributed by atoms with Crippen LogP contribution in [-0.4, -0.2) is 5.66 Å². The molecule has 2 nitrogen and oxygen atoms in total. The number of allylic oxidation sites excluding steroid dienone is 2. The van der Waals surface area contributed by atoms with E-state index in [1.165, 1.54) is 22.3 Å². The molecule has 2 aliphatic rings. The quantitative estimate of drug-likeness (QED) is 0.449. The molecular formula is C22H24N2. The van der Waals surface area contributed by atoms with Crippen molar-refractivity contribution < 1.29 is 0 Å². The molecule has 0 unspecified atom stereocenters. The number of fused-ring (bicyclic) bond motifs is 1. The van der Waals surface area contributed by atoms with Crippen LogP contribution >= 0.6 is 0 Å². The maximum Gasteiger partial charge on any atom is 0.509 e. The fraction of sp³-hybridized carbons (Fsp3) is 0.455. The standard InChI is InChI=1S/C22H24N2/c1-15-13-16(2)21(17(3)14-15)19-10-8-12-22(23-4,24-5)20-11-7-6-9-18(19)20/h8,10-11,13-14,18-19H,6-7,9,12H2,1-3H3/t18-,19+/m0/s1. The van der Waals surface area contributed by atoms with Gasteiger partial charge in [0.05, 0.1) is 0 Å². The van der Waals surface area contributed by atoms with Gasteiger partial charge in [-0.2, -0.15) is 0 Å². The summed E-state index contributed by atoms with van der Waals surface area (Å²) in [7, 11) is 0. The van der Waals surface area contributed by atoms with Gasteiger partial charge in [-0.25, -0.2) is 22.8 Å². The molecule has 0 aromatic heterocycles. The van der Waals surface area contributed by atoms with Crippen LogP contribution in [-0.2, 0) is 0 Å². The van der Waals surface area contributed by atoms with Gasteiger partial charge in [-0.3, -0.25) is 0 Å². The van der Waals surface area contributed by atoms with Crippen LogP contribution in [0.3, 0.4) is 0 Å². The number of rotatable bonds is 1. The Labute approximate surface area is 145 Å². The van der Waals surface area contributed by atoms with Gasteiger partial charge < -0.3 is 0 Å². The van der Waals surface area contributed by atoms with Crippen molar-refractivity contribution in [2.45, 2.75) is 58.0 Å². The molecule has 1 aromatic carbocycles. The maximum atomic E-state index is 7.68. The van der Waals surface area contributed by atoms with Gasteiger partial charge in [-0.15, -0.1) is 0 Å². The van der Waals surface area contributed by atoms with Gasteiger partial charge in [0.1, 0.15) is 12.0 Å². The topological polar surface area (TPSA) is 8.72 Å². The van der Waals surface area contributed by atoms with Crippen molar-refractivity contribution in [3.05, 3.63) is 81.0 Å². The molecule has 0 fully saturated rings. The number of benzene rings is 1. The van der Waals surface area contributed by atoms with E-state index in [9.17, 15) is 0 Å². The van der Waals surface area contributed by atoms with Crippen molar-refractivity contribution in [3.8, 4) is 0 Å². The molecule has 0 bridgehead atoms. The molecule has 0 N–H and O–H groups in total. The third-order valence-electron chi connectivity index (χ3n) is 5.57. The summed E-state index contributed by atoms with van der Waals surface area (Å²) in [6.07, 6.45) is 10.3. The third-order valence-corrected chi connectivity index (χ3v) is 5.57. The van der Waals surface area contributed by atoms with Gasteiger partial charge in [0.25, 0.3) is 0 Å². The zero-order chi connectivity index (χ0) is 17.3. The minimum atomic E-state index is -1.01. The Kier molecular flexibility index (Phi) is 4.33. The first-order chi connectivity index (χ1) is 11.5. The summed E-state index contributed by atoms with van der Waals surface area (Å²) < 4.78 is 0. The van der Waals surface area contributed by atoms with Crippen LogP contribution in [0.2, 0.25) is 0 Å².